The van der Waals surface area contributed by atoms with E-state index >= 15 is 0 Å². The summed E-state index contributed by atoms with van der Waals surface area (Å²) in [5, 5.41) is 13.8. The van der Waals surface area contributed by atoms with E-state index in [2.05, 4.69) is 16.0 Å². The van der Waals surface area contributed by atoms with Gasteiger partial charge < -0.3 is 10.5 Å². The number of anilines is 2. The molecule has 0 saturated heterocycles. The van der Waals surface area contributed by atoms with Crippen molar-refractivity contribution >= 4 is 49.2 Å². The predicted molar refractivity (Wildman–Crippen MR) is 106 cm³/mol. The van der Waals surface area contributed by atoms with Crippen LogP contribution in [0.1, 0.15) is 0 Å². The minimum Gasteiger partial charge on any atom is -0.477 e. The van der Waals surface area contributed by atoms with Crippen LogP contribution in [0.5, 0.6) is 0 Å². The van der Waals surface area contributed by atoms with Crippen LogP contribution in [0.25, 0.3) is 0 Å². The minimum atomic E-state index is -4.48. The van der Waals surface area contributed by atoms with E-state index in [4.69, 9.17) is 9.11 Å². The zero-order valence-corrected chi connectivity index (χ0v) is 16.8. The maximum Gasteiger partial charge on any atom is 0.354 e. The SMILES string of the molecule is O=C(O)C1=NN(c2ccc(S(=O)(=O)O)cc2)C(=O)C1NNc1cccc(S(=O)(=O)O)c1. The fraction of sp³-hybridized carbons (Fsp3) is 0.0625. The second kappa shape index (κ2) is 8.05. The number of nitrogens with zero attached hydrogens (tertiary/aromatic N) is 2. The van der Waals surface area contributed by atoms with Crippen molar-refractivity contribution in [1.82, 2.24) is 5.43 Å². The first kappa shape index (κ1) is 22.3. The predicted octanol–water partition coefficient (Wildman–Crippen LogP) is -0.0475. The molecule has 5 N–H and O–H groups in total. The molecule has 2 aromatic carbocycles. The summed E-state index contributed by atoms with van der Waals surface area (Å²) in [5.74, 6) is -2.35. The number of amides is 1. The van der Waals surface area contributed by atoms with Gasteiger partial charge in [0.1, 0.15) is 0 Å². The Morgan fingerprint density at radius 2 is 1.58 bits per heavy atom. The van der Waals surface area contributed by atoms with Gasteiger partial charge in [0.05, 0.1) is 21.2 Å². The highest BCUT2D eigenvalue weighted by atomic mass is 32.2. The summed E-state index contributed by atoms with van der Waals surface area (Å²) in [6, 6.07) is 7.69. The van der Waals surface area contributed by atoms with Crippen LogP contribution in [-0.4, -0.2) is 54.7 Å². The molecule has 0 bridgehead atoms. The molecule has 1 atom stereocenters. The van der Waals surface area contributed by atoms with E-state index in [9.17, 15) is 31.5 Å². The number of carbonyl (C=O) groups is 2. The molecule has 1 unspecified atom stereocenters. The van der Waals surface area contributed by atoms with Crippen molar-refractivity contribution in [2.24, 2.45) is 5.10 Å². The maximum atomic E-state index is 12.7. The largest absolute Gasteiger partial charge is 0.477 e. The molecule has 1 amide bonds. The third-order valence-electron chi connectivity index (χ3n) is 4.03. The smallest absolute Gasteiger partial charge is 0.354 e. The average Bonchev–Trinajstić information content (AvgIpc) is 3.02. The van der Waals surface area contributed by atoms with E-state index in [0.29, 0.717) is 0 Å². The number of hydrazine groups is 1. The summed E-state index contributed by atoms with van der Waals surface area (Å²) in [6.45, 7) is 0. The highest BCUT2D eigenvalue weighted by Crippen LogP contribution is 2.23. The van der Waals surface area contributed by atoms with Gasteiger partial charge in [-0.05, 0) is 42.5 Å². The van der Waals surface area contributed by atoms with Crippen LogP contribution in [0.4, 0.5) is 11.4 Å². The van der Waals surface area contributed by atoms with Gasteiger partial charge in [0.25, 0.3) is 26.1 Å². The first-order valence-electron chi connectivity index (χ1n) is 8.20. The number of aliphatic carboxylic acids is 1. The first-order valence-corrected chi connectivity index (χ1v) is 11.1. The highest BCUT2D eigenvalue weighted by Gasteiger charge is 2.40. The molecule has 1 heterocycles. The molecule has 31 heavy (non-hydrogen) atoms. The Balaban J connectivity index is 1.83. The molecule has 13 nitrogen and oxygen atoms in total. The quantitative estimate of drug-likeness (QED) is 0.268. The summed E-state index contributed by atoms with van der Waals surface area (Å²) in [4.78, 5) is 23.4. The third-order valence-corrected chi connectivity index (χ3v) is 5.75. The van der Waals surface area contributed by atoms with Gasteiger partial charge in [0, 0.05) is 0 Å². The molecule has 1 aliphatic heterocycles. The van der Waals surface area contributed by atoms with Crippen molar-refractivity contribution in [3.05, 3.63) is 48.5 Å². The standard InChI is InChI=1S/C16H14N4O9S2/c21-15-13(18-17-9-2-1-3-12(8-9)31(27,28)29)14(16(22)23)19-20(15)10-4-6-11(7-5-10)30(24,25)26/h1-8,13,17-18H,(H,22,23)(H,24,25,26)(H,27,28,29). The Bertz CT molecular complexity index is 1290. The number of hydrazone groups is 1. The van der Waals surface area contributed by atoms with E-state index in [1.54, 1.807) is 0 Å². The van der Waals surface area contributed by atoms with E-state index in [-0.39, 0.29) is 11.4 Å². The Hall–Kier alpha value is -3.37. The van der Waals surface area contributed by atoms with Gasteiger partial charge in [-0.25, -0.2) is 10.2 Å². The molecule has 1 aliphatic rings. The van der Waals surface area contributed by atoms with Gasteiger partial charge >= 0.3 is 5.97 Å². The van der Waals surface area contributed by atoms with Crippen LogP contribution in [0, 0.1) is 0 Å². The highest BCUT2D eigenvalue weighted by molar-refractivity contribution is 7.86. The number of rotatable bonds is 7. The Kier molecular flexibility index (Phi) is 5.79. The average molecular weight is 470 g/mol. The molecule has 0 saturated carbocycles. The lowest BCUT2D eigenvalue weighted by atomic mass is 10.2. The lowest BCUT2D eigenvalue weighted by Crippen LogP contribution is -2.48. The number of nitrogens with one attached hydrogen (secondary N) is 2. The van der Waals surface area contributed by atoms with Crippen molar-refractivity contribution in [3.63, 3.8) is 0 Å². The molecular formula is C16H14N4O9S2. The molecule has 164 valence electrons. The fourth-order valence-corrected chi connectivity index (χ4v) is 3.59. The van der Waals surface area contributed by atoms with Gasteiger partial charge in [0.2, 0.25) is 0 Å². The molecule has 0 radical (unpaired) electrons. The number of hydrogen-bond donors (Lipinski definition) is 5. The van der Waals surface area contributed by atoms with Crippen LogP contribution < -0.4 is 15.9 Å². The molecule has 0 aromatic heterocycles. The molecule has 3 rings (SSSR count). The number of carboxylic acid groups (broad SMARTS) is 1. The van der Waals surface area contributed by atoms with Crippen molar-refractivity contribution in [2.45, 2.75) is 15.8 Å². The Morgan fingerprint density at radius 1 is 0.968 bits per heavy atom. The number of carbonyl (C=O) groups excluding carboxylic acids is 1. The van der Waals surface area contributed by atoms with E-state index < -0.39 is 53.7 Å². The topological polar surface area (TPSA) is 203 Å². The van der Waals surface area contributed by atoms with Gasteiger partial charge in [-0.1, -0.05) is 6.07 Å². The zero-order valence-electron chi connectivity index (χ0n) is 15.2. The van der Waals surface area contributed by atoms with E-state index in [1.165, 1.54) is 12.1 Å². The Morgan fingerprint density at radius 3 is 2.13 bits per heavy atom. The Labute approximate surface area is 175 Å². The summed E-state index contributed by atoms with van der Waals surface area (Å²) < 4.78 is 62.8. The molecule has 0 fully saturated rings. The second-order valence-electron chi connectivity index (χ2n) is 6.11. The van der Waals surface area contributed by atoms with E-state index in [1.807, 2.05) is 0 Å². The zero-order chi connectivity index (χ0) is 23.0. The summed E-state index contributed by atoms with van der Waals surface area (Å²) >= 11 is 0. The summed E-state index contributed by atoms with van der Waals surface area (Å²) in [7, 11) is -8.94. The van der Waals surface area contributed by atoms with Gasteiger partial charge in [-0.3, -0.25) is 13.9 Å². The van der Waals surface area contributed by atoms with Crippen molar-refractivity contribution in [1.29, 1.82) is 0 Å². The lowest BCUT2D eigenvalue weighted by Gasteiger charge is -2.16. The van der Waals surface area contributed by atoms with Crippen LogP contribution in [0.2, 0.25) is 0 Å². The molecule has 15 heteroatoms. The van der Waals surface area contributed by atoms with E-state index in [0.717, 1.165) is 41.4 Å². The maximum absolute atomic E-state index is 12.7. The molecule has 2 aromatic rings. The van der Waals surface area contributed by atoms with Crippen molar-refractivity contribution in [3.8, 4) is 0 Å². The van der Waals surface area contributed by atoms with Crippen LogP contribution in [0.3, 0.4) is 0 Å². The van der Waals surface area contributed by atoms with Gasteiger partial charge in [-0.2, -0.15) is 26.9 Å². The monoisotopic (exact) mass is 470 g/mol. The third kappa shape index (κ3) is 4.86. The fourth-order valence-electron chi connectivity index (χ4n) is 2.58. The lowest BCUT2D eigenvalue weighted by molar-refractivity contribution is -0.130. The van der Waals surface area contributed by atoms with Crippen molar-refractivity contribution < 1.29 is 40.6 Å². The summed E-state index contributed by atoms with van der Waals surface area (Å²) in [6.07, 6.45) is 0. The van der Waals surface area contributed by atoms with Crippen LogP contribution >= 0.6 is 0 Å². The van der Waals surface area contributed by atoms with Gasteiger partial charge in [-0.15, -0.1) is 0 Å². The number of hydrogen-bond acceptors (Lipinski definition) is 9. The summed E-state index contributed by atoms with van der Waals surface area (Å²) in [5.41, 5.74) is 4.46. The van der Waals surface area contributed by atoms with Gasteiger partial charge in [0.15, 0.2) is 11.8 Å². The molecule has 0 spiro atoms. The molecular weight excluding hydrogens is 456 g/mol. The number of carboxylic acids is 1. The molecule has 0 aliphatic carbocycles. The minimum absolute atomic E-state index is 0.0359. The first-order chi connectivity index (χ1) is 14.4. The van der Waals surface area contributed by atoms with Crippen LogP contribution in [-0.2, 0) is 29.8 Å². The number of benzene rings is 2. The van der Waals surface area contributed by atoms with Crippen LogP contribution in [0.15, 0.2) is 63.4 Å². The van der Waals surface area contributed by atoms with Crippen molar-refractivity contribution in [2.75, 3.05) is 10.4 Å². The second-order valence-corrected chi connectivity index (χ2v) is 8.96. The normalized spacial score (nSPS) is 16.8.